The second-order valence-electron chi connectivity index (χ2n) is 16.4. The van der Waals surface area contributed by atoms with Crippen LogP contribution in [0.15, 0.2) is 249 Å². The van der Waals surface area contributed by atoms with Crippen molar-refractivity contribution < 1.29 is 0 Å². The van der Waals surface area contributed by atoms with Gasteiger partial charge in [0.2, 0.25) is 0 Å². The Morgan fingerprint density at radius 2 is 0.794 bits per heavy atom. The molecule has 10 aromatic carbocycles. The fraction of sp³-hybridized carbons (Fsp3) is 0.0164. The number of hydrogen-bond donors (Lipinski definition) is 0. The van der Waals surface area contributed by atoms with Crippen molar-refractivity contribution in [2.24, 2.45) is 0 Å². The Bertz CT molecular complexity index is 3400. The van der Waals surface area contributed by atoms with Crippen molar-refractivity contribution in [1.82, 2.24) is 0 Å². The van der Waals surface area contributed by atoms with E-state index in [1.165, 1.54) is 86.9 Å². The molecule has 0 saturated carbocycles. The normalized spacial score (nSPS) is 12.6. The van der Waals surface area contributed by atoms with Crippen molar-refractivity contribution in [2.75, 3.05) is 4.90 Å². The lowest BCUT2D eigenvalue weighted by Crippen LogP contribution is -2.28. The van der Waals surface area contributed by atoms with Crippen molar-refractivity contribution in [2.45, 2.75) is 5.41 Å². The molecular weight excluding hydrogens is 779 g/mol. The number of hydrogen-bond acceptors (Lipinski definition) is 2. The highest BCUT2D eigenvalue weighted by Crippen LogP contribution is 2.56. The van der Waals surface area contributed by atoms with E-state index in [2.05, 4.69) is 254 Å². The SMILES string of the molecule is c1ccc(N(c2ccc(-c3ccc4c(c3)sc3ccccc34)cc2)c2cccc(-c3cccc(-c4ccc5c(c4)-c4ccccc4C5(c4ccccc4)c4ccccc4)c3)c2)cc1. The fourth-order valence-corrected chi connectivity index (χ4v) is 11.2. The molecule has 1 aromatic heterocycles. The minimum atomic E-state index is -0.409. The van der Waals surface area contributed by atoms with E-state index in [-0.39, 0.29) is 0 Å². The molecule has 63 heavy (non-hydrogen) atoms. The van der Waals surface area contributed by atoms with Crippen molar-refractivity contribution in [3.05, 3.63) is 271 Å². The Morgan fingerprint density at radius 1 is 0.286 bits per heavy atom. The first-order valence-corrected chi connectivity index (χ1v) is 22.5. The van der Waals surface area contributed by atoms with Crippen LogP contribution in [0, 0.1) is 0 Å². The van der Waals surface area contributed by atoms with Gasteiger partial charge < -0.3 is 4.90 Å². The fourth-order valence-electron chi connectivity index (χ4n) is 10.1. The van der Waals surface area contributed by atoms with Crippen LogP contribution < -0.4 is 4.90 Å². The van der Waals surface area contributed by atoms with Gasteiger partial charge in [0.05, 0.1) is 5.41 Å². The van der Waals surface area contributed by atoms with Gasteiger partial charge in [0.25, 0.3) is 0 Å². The van der Waals surface area contributed by atoms with Crippen LogP contribution in [0.1, 0.15) is 22.3 Å². The quantitative estimate of drug-likeness (QED) is 0.148. The first-order chi connectivity index (χ1) is 31.2. The minimum Gasteiger partial charge on any atom is -0.310 e. The predicted molar refractivity (Wildman–Crippen MR) is 268 cm³/mol. The van der Waals surface area contributed by atoms with Crippen LogP contribution >= 0.6 is 11.3 Å². The highest BCUT2D eigenvalue weighted by Gasteiger charge is 2.45. The zero-order chi connectivity index (χ0) is 41.7. The summed E-state index contributed by atoms with van der Waals surface area (Å²) in [7, 11) is 0. The highest BCUT2D eigenvalue weighted by atomic mass is 32.1. The Hall–Kier alpha value is -7.78. The van der Waals surface area contributed by atoms with E-state index < -0.39 is 5.41 Å². The molecule has 1 nitrogen and oxygen atoms in total. The van der Waals surface area contributed by atoms with Gasteiger partial charge in [0.1, 0.15) is 0 Å². The topological polar surface area (TPSA) is 3.24 Å². The molecule has 0 fully saturated rings. The van der Waals surface area contributed by atoms with Gasteiger partial charge in [0, 0.05) is 37.2 Å². The third-order valence-corrected chi connectivity index (χ3v) is 14.1. The van der Waals surface area contributed by atoms with Crippen LogP contribution in [-0.4, -0.2) is 0 Å². The summed E-state index contributed by atoms with van der Waals surface area (Å²) >= 11 is 1.86. The molecule has 0 unspecified atom stereocenters. The lowest BCUT2D eigenvalue weighted by molar-refractivity contribution is 0.768. The summed E-state index contributed by atoms with van der Waals surface area (Å²) in [6.07, 6.45) is 0. The molecule has 0 saturated heterocycles. The molecule has 1 heterocycles. The Balaban J connectivity index is 0.905. The number of anilines is 3. The number of rotatable bonds is 8. The lowest BCUT2D eigenvalue weighted by atomic mass is 9.67. The molecule has 0 aliphatic heterocycles. The zero-order valence-corrected chi connectivity index (χ0v) is 35.3. The molecule has 0 N–H and O–H groups in total. The van der Waals surface area contributed by atoms with Gasteiger partial charge in [-0.25, -0.2) is 0 Å². The summed E-state index contributed by atoms with van der Waals surface area (Å²) in [6.45, 7) is 0. The van der Waals surface area contributed by atoms with Gasteiger partial charge in [-0.15, -0.1) is 11.3 Å². The molecular formula is C61H41NS. The maximum Gasteiger partial charge on any atom is 0.0713 e. The van der Waals surface area contributed by atoms with Gasteiger partial charge in [-0.3, -0.25) is 0 Å². The average molecular weight is 820 g/mol. The van der Waals surface area contributed by atoms with Crippen LogP contribution in [0.25, 0.3) is 64.7 Å². The molecule has 0 atom stereocenters. The smallest absolute Gasteiger partial charge is 0.0713 e. The van der Waals surface area contributed by atoms with Crippen LogP contribution in [-0.2, 0) is 5.41 Å². The summed E-state index contributed by atoms with van der Waals surface area (Å²) < 4.78 is 2.65. The number of thiophene rings is 1. The molecule has 1 aliphatic carbocycles. The first-order valence-electron chi connectivity index (χ1n) is 21.7. The van der Waals surface area contributed by atoms with Crippen molar-refractivity contribution in [3.63, 3.8) is 0 Å². The molecule has 0 amide bonds. The van der Waals surface area contributed by atoms with Crippen molar-refractivity contribution in [3.8, 4) is 44.5 Å². The molecule has 2 heteroatoms. The Kier molecular flexibility index (Phi) is 8.98. The van der Waals surface area contributed by atoms with Crippen LogP contribution in [0.4, 0.5) is 17.1 Å². The van der Waals surface area contributed by atoms with Gasteiger partial charge in [-0.2, -0.15) is 0 Å². The Morgan fingerprint density at radius 3 is 1.54 bits per heavy atom. The average Bonchev–Trinajstić information content (AvgIpc) is 3.88. The summed E-state index contributed by atoms with van der Waals surface area (Å²) in [4.78, 5) is 2.36. The van der Waals surface area contributed by atoms with Crippen LogP contribution in [0.3, 0.4) is 0 Å². The van der Waals surface area contributed by atoms with E-state index in [4.69, 9.17) is 0 Å². The van der Waals surface area contributed by atoms with Crippen molar-refractivity contribution >= 4 is 48.6 Å². The van der Waals surface area contributed by atoms with E-state index in [0.717, 1.165) is 17.1 Å². The maximum atomic E-state index is 2.42. The third-order valence-electron chi connectivity index (χ3n) is 12.9. The number of fused-ring (bicyclic) bond motifs is 6. The number of benzene rings is 10. The summed E-state index contributed by atoms with van der Waals surface area (Å²) in [5.74, 6) is 0. The third kappa shape index (κ3) is 6.22. The summed E-state index contributed by atoms with van der Waals surface area (Å²) in [5, 5.41) is 2.65. The molecule has 11 aromatic rings. The maximum absolute atomic E-state index is 2.42. The lowest BCUT2D eigenvalue weighted by Gasteiger charge is -2.33. The van der Waals surface area contributed by atoms with Gasteiger partial charge in [0.15, 0.2) is 0 Å². The number of para-hydroxylation sites is 1. The monoisotopic (exact) mass is 819 g/mol. The van der Waals surface area contributed by atoms with E-state index in [1.54, 1.807) is 0 Å². The molecule has 0 bridgehead atoms. The standard InChI is InChI=1S/C61H41NS/c1-4-19-48(20-5-1)61(49-21-6-2-7-22-49)57-28-12-10-26-53(57)56-40-46(33-37-58(56)61)44-17-14-16-43(38-44)45-18-15-25-52(39-45)62(50-23-8-3-9-24-50)51-34-30-42(31-35-51)47-32-36-55-54-27-11-13-29-59(54)63-60(55)41-47/h1-41H. The minimum absolute atomic E-state index is 0.409. The zero-order valence-electron chi connectivity index (χ0n) is 34.5. The largest absolute Gasteiger partial charge is 0.310 e. The molecule has 12 rings (SSSR count). The Labute approximate surface area is 372 Å². The molecule has 296 valence electrons. The first kappa shape index (κ1) is 37.0. The number of nitrogens with zero attached hydrogens (tertiary/aromatic N) is 1. The predicted octanol–water partition coefficient (Wildman–Crippen LogP) is 16.9. The van der Waals surface area contributed by atoms with Crippen LogP contribution in [0.2, 0.25) is 0 Å². The van der Waals surface area contributed by atoms with E-state index in [0.29, 0.717) is 0 Å². The van der Waals surface area contributed by atoms with E-state index >= 15 is 0 Å². The summed E-state index contributed by atoms with van der Waals surface area (Å²) in [6, 6.07) is 91.3. The van der Waals surface area contributed by atoms with E-state index in [1.807, 2.05) is 11.3 Å². The summed E-state index contributed by atoms with van der Waals surface area (Å²) in [5.41, 5.74) is 17.9. The van der Waals surface area contributed by atoms with Gasteiger partial charge >= 0.3 is 0 Å². The highest BCUT2D eigenvalue weighted by molar-refractivity contribution is 7.25. The van der Waals surface area contributed by atoms with E-state index in [9.17, 15) is 0 Å². The molecule has 0 radical (unpaired) electrons. The molecule has 1 aliphatic rings. The van der Waals surface area contributed by atoms with Crippen molar-refractivity contribution in [1.29, 1.82) is 0 Å². The second kappa shape index (κ2) is 15.3. The van der Waals surface area contributed by atoms with Gasteiger partial charge in [-0.1, -0.05) is 188 Å². The van der Waals surface area contributed by atoms with Crippen LogP contribution in [0.5, 0.6) is 0 Å². The second-order valence-corrected chi connectivity index (χ2v) is 17.5. The molecule has 0 spiro atoms. The van der Waals surface area contributed by atoms with Gasteiger partial charge in [-0.05, 0) is 127 Å².